The number of hydrogen-bond donors (Lipinski definition) is 2. The second-order valence-electron chi connectivity index (χ2n) is 7.99. The number of anilines is 1. The van der Waals surface area contributed by atoms with Gasteiger partial charge in [0.1, 0.15) is 0 Å². The van der Waals surface area contributed by atoms with Crippen molar-refractivity contribution in [1.29, 1.82) is 0 Å². The summed E-state index contributed by atoms with van der Waals surface area (Å²) in [6.07, 6.45) is 5.67. The van der Waals surface area contributed by atoms with E-state index in [2.05, 4.69) is 27.2 Å². The quantitative estimate of drug-likeness (QED) is 0.508. The van der Waals surface area contributed by atoms with Gasteiger partial charge >= 0.3 is 6.09 Å². The van der Waals surface area contributed by atoms with Crippen LogP contribution in [0.25, 0.3) is 0 Å². The molecule has 172 valence electrons. The Labute approximate surface area is 185 Å². The number of carbonyl (C=O) groups excluding carboxylic acids is 1. The summed E-state index contributed by atoms with van der Waals surface area (Å²) in [6.45, 7) is 6.96. The van der Waals surface area contributed by atoms with Crippen molar-refractivity contribution < 1.29 is 19.0 Å². The first-order chi connectivity index (χ1) is 15.2. The van der Waals surface area contributed by atoms with Crippen LogP contribution in [0.3, 0.4) is 0 Å². The molecular formula is C23H36N4O4. The first-order valence-corrected chi connectivity index (χ1v) is 11.4. The monoisotopic (exact) mass is 432 g/mol. The summed E-state index contributed by atoms with van der Waals surface area (Å²) >= 11 is 0. The first kappa shape index (κ1) is 23.3. The topological polar surface area (TPSA) is 84.4 Å². The van der Waals surface area contributed by atoms with Crippen molar-refractivity contribution >= 4 is 17.7 Å². The van der Waals surface area contributed by atoms with Gasteiger partial charge in [0.2, 0.25) is 0 Å². The third kappa shape index (κ3) is 7.70. The highest BCUT2D eigenvalue weighted by Crippen LogP contribution is 2.18. The number of amides is 1. The van der Waals surface area contributed by atoms with E-state index in [0.717, 1.165) is 63.6 Å². The number of ether oxygens (including phenoxy) is 3. The number of guanidine groups is 1. The van der Waals surface area contributed by atoms with E-state index >= 15 is 0 Å². The maximum Gasteiger partial charge on any atom is 0.411 e. The lowest BCUT2D eigenvalue weighted by atomic mass is 10.1. The summed E-state index contributed by atoms with van der Waals surface area (Å²) < 4.78 is 16.5. The Morgan fingerprint density at radius 2 is 1.97 bits per heavy atom. The lowest BCUT2D eigenvalue weighted by Gasteiger charge is -2.35. The zero-order chi connectivity index (χ0) is 21.9. The fourth-order valence-corrected chi connectivity index (χ4v) is 3.87. The molecule has 0 spiro atoms. The minimum absolute atomic E-state index is 0.278. The number of nitrogens with one attached hydrogen (secondary N) is 2. The number of methoxy groups -OCH3 is 1. The molecule has 2 aliphatic rings. The molecule has 1 amide bonds. The molecular weight excluding hydrogens is 396 g/mol. The molecule has 2 fully saturated rings. The second kappa shape index (κ2) is 12.5. The third-order valence-electron chi connectivity index (χ3n) is 5.67. The molecule has 31 heavy (non-hydrogen) atoms. The standard InChI is InChI=1S/C23H36N4O4/c1-3-24-22(25-16-18-7-9-19(10-8-18)26-23(28)29-2)27-13-11-20(12-14-27)31-17-21-6-4-5-15-30-21/h7-10,20-21H,3-6,11-17H2,1-2H3,(H,24,25)(H,26,28). The molecule has 2 saturated heterocycles. The Kier molecular flexibility index (Phi) is 9.42. The predicted molar refractivity (Wildman–Crippen MR) is 121 cm³/mol. The van der Waals surface area contributed by atoms with Gasteiger partial charge in [-0.3, -0.25) is 5.32 Å². The van der Waals surface area contributed by atoms with Gasteiger partial charge in [-0.05, 0) is 56.7 Å². The molecule has 3 rings (SSSR count). The largest absolute Gasteiger partial charge is 0.453 e. The number of piperidine rings is 1. The van der Waals surface area contributed by atoms with Gasteiger partial charge < -0.3 is 24.4 Å². The Balaban J connectivity index is 1.46. The fourth-order valence-electron chi connectivity index (χ4n) is 3.87. The molecule has 8 heteroatoms. The average molecular weight is 433 g/mol. The smallest absolute Gasteiger partial charge is 0.411 e. The maximum atomic E-state index is 11.3. The molecule has 0 aliphatic carbocycles. The lowest BCUT2D eigenvalue weighted by Crippen LogP contribution is -2.47. The molecule has 1 atom stereocenters. The number of hydrogen-bond acceptors (Lipinski definition) is 5. The summed E-state index contributed by atoms with van der Waals surface area (Å²) in [5.74, 6) is 0.938. The van der Waals surface area contributed by atoms with Crippen LogP contribution < -0.4 is 10.6 Å². The van der Waals surface area contributed by atoms with Gasteiger partial charge in [0.15, 0.2) is 5.96 Å². The summed E-state index contributed by atoms with van der Waals surface area (Å²) in [5.41, 5.74) is 1.78. The summed E-state index contributed by atoms with van der Waals surface area (Å²) in [6, 6.07) is 7.64. The van der Waals surface area contributed by atoms with Crippen LogP contribution in [0.2, 0.25) is 0 Å². The van der Waals surface area contributed by atoms with Crippen LogP contribution in [-0.4, -0.2) is 69.1 Å². The number of nitrogens with zero attached hydrogens (tertiary/aromatic N) is 2. The van der Waals surface area contributed by atoms with E-state index in [1.165, 1.54) is 20.0 Å². The number of likely N-dealkylation sites (tertiary alicyclic amines) is 1. The second-order valence-corrected chi connectivity index (χ2v) is 7.99. The van der Waals surface area contributed by atoms with Crippen LogP contribution in [-0.2, 0) is 20.8 Å². The molecule has 2 aliphatic heterocycles. The van der Waals surface area contributed by atoms with E-state index in [1.807, 2.05) is 24.3 Å². The fraction of sp³-hybridized carbons (Fsp3) is 0.652. The SMILES string of the molecule is CCNC(=NCc1ccc(NC(=O)OC)cc1)N1CCC(OCC2CCCCO2)CC1. The van der Waals surface area contributed by atoms with Crippen molar-refractivity contribution in [1.82, 2.24) is 10.2 Å². The highest BCUT2D eigenvalue weighted by molar-refractivity contribution is 5.84. The number of carbonyl (C=O) groups is 1. The van der Waals surface area contributed by atoms with Crippen molar-refractivity contribution in [2.75, 3.05) is 45.3 Å². The zero-order valence-electron chi connectivity index (χ0n) is 18.8. The lowest BCUT2D eigenvalue weighted by molar-refractivity contribution is -0.0721. The number of rotatable bonds is 7. The van der Waals surface area contributed by atoms with Crippen molar-refractivity contribution in [3.63, 3.8) is 0 Å². The summed E-state index contributed by atoms with van der Waals surface area (Å²) in [5, 5.41) is 6.06. The van der Waals surface area contributed by atoms with E-state index in [9.17, 15) is 4.79 Å². The van der Waals surface area contributed by atoms with E-state index < -0.39 is 6.09 Å². The molecule has 8 nitrogen and oxygen atoms in total. The average Bonchev–Trinajstić information content (AvgIpc) is 2.82. The van der Waals surface area contributed by atoms with E-state index in [4.69, 9.17) is 14.5 Å². The van der Waals surface area contributed by atoms with Crippen molar-refractivity contribution in [2.24, 2.45) is 4.99 Å². The molecule has 2 N–H and O–H groups in total. The Morgan fingerprint density at radius 1 is 1.19 bits per heavy atom. The Hall–Kier alpha value is -2.32. The molecule has 0 bridgehead atoms. The van der Waals surface area contributed by atoms with Crippen LogP contribution >= 0.6 is 0 Å². The van der Waals surface area contributed by atoms with Crippen LogP contribution in [0, 0.1) is 0 Å². The first-order valence-electron chi connectivity index (χ1n) is 11.4. The molecule has 0 saturated carbocycles. The van der Waals surface area contributed by atoms with Gasteiger partial charge in [-0.15, -0.1) is 0 Å². The molecule has 2 heterocycles. The Morgan fingerprint density at radius 3 is 2.61 bits per heavy atom. The minimum atomic E-state index is -0.473. The molecule has 1 aromatic carbocycles. The Bertz CT molecular complexity index is 696. The van der Waals surface area contributed by atoms with Crippen molar-refractivity contribution in [3.05, 3.63) is 29.8 Å². The van der Waals surface area contributed by atoms with Gasteiger partial charge in [-0.2, -0.15) is 0 Å². The van der Waals surface area contributed by atoms with Crippen LogP contribution in [0.4, 0.5) is 10.5 Å². The van der Waals surface area contributed by atoms with Crippen molar-refractivity contribution in [2.45, 2.75) is 57.8 Å². The van der Waals surface area contributed by atoms with Crippen molar-refractivity contribution in [3.8, 4) is 0 Å². The minimum Gasteiger partial charge on any atom is -0.453 e. The van der Waals surface area contributed by atoms with E-state index in [0.29, 0.717) is 18.3 Å². The van der Waals surface area contributed by atoms with Gasteiger partial charge in [0.25, 0.3) is 0 Å². The molecule has 1 aromatic rings. The summed E-state index contributed by atoms with van der Waals surface area (Å²) in [7, 11) is 1.35. The third-order valence-corrected chi connectivity index (χ3v) is 5.67. The van der Waals surface area contributed by atoms with Gasteiger partial charge in [-0.25, -0.2) is 9.79 Å². The summed E-state index contributed by atoms with van der Waals surface area (Å²) in [4.78, 5) is 18.4. The zero-order valence-corrected chi connectivity index (χ0v) is 18.8. The molecule has 0 radical (unpaired) electrons. The predicted octanol–water partition coefficient (Wildman–Crippen LogP) is 3.38. The molecule has 0 aromatic heterocycles. The van der Waals surface area contributed by atoms with E-state index in [-0.39, 0.29) is 6.10 Å². The van der Waals surface area contributed by atoms with Crippen LogP contribution in [0.5, 0.6) is 0 Å². The highest BCUT2D eigenvalue weighted by Gasteiger charge is 2.23. The maximum absolute atomic E-state index is 11.3. The van der Waals surface area contributed by atoms with Crippen LogP contribution in [0.1, 0.15) is 44.6 Å². The van der Waals surface area contributed by atoms with Gasteiger partial charge in [0, 0.05) is 31.9 Å². The van der Waals surface area contributed by atoms with Gasteiger partial charge in [-0.1, -0.05) is 12.1 Å². The van der Waals surface area contributed by atoms with Gasteiger partial charge in [0.05, 0.1) is 32.5 Å². The van der Waals surface area contributed by atoms with E-state index in [1.54, 1.807) is 0 Å². The van der Waals surface area contributed by atoms with Crippen LogP contribution in [0.15, 0.2) is 29.3 Å². The normalized spacial score (nSPS) is 20.4. The highest BCUT2D eigenvalue weighted by atomic mass is 16.5. The number of aliphatic imine (C=N–C) groups is 1. The number of benzene rings is 1. The molecule has 1 unspecified atom stereocenters.